The quantitative estimate of drug-likeness (QED) is 0.160. The number of fused-ring (bicyclic) bond motifs is 8. The summed E-state index contributed by atoms with van der Waals surface area (Å²) in [6.45, 7) is 0. The zero-order valence-corrected chi connectivity index (χ0v) is 36.1. The van der Waals surface area contributed by atoms with Gasteiger partial charge in [0, 0.05) is 67.6 Å². The second-order valence-corrected chi connectivity index (χ2v) is 17.2. The number of hydrogen-bond donors (Lipinski definition) is 0. The monoisotopic (exact) mass is 858 g/mol. The standard InChI is InChI=1S/C62H38N2O3/c1-3-12-39(13-4-1)41-22-25-44(26-23-41)64(54-20-11-19-53-48-18-9-10-21-55(48)67-62(53)54)47-29-31-50-52-33-34-56-60-51(32-35-57(61(52)60)66-59(50)38-47)49-30-28-46(37-58(49)65-56)63(43-16-5-2-6-17-43)45-27-24-40-14-7-8-15-42(40)36-45/h1-38H. The van der Waals surface area contributed by atoms with Crippen LogP contribution in [0.15, 0.2) is 235 Å². The third-order valence-electron chi connectivity index (χ3n) is 13.4. The summed E-state index contributed by atoms with van der Waals surface area (Å²) >= 11 is 0. The van der Waals surface area contributed by atoms with E-state index in [1.54, 1.807) is 0 Å². The summed E-state index contributed by atoms with van der Waals surface area (Å²) in [7, 11) is 0. The molecule has 5 heteroatoms. The third-order valence-corrected chi connectivity index (χ3v) is 13.4. The number of hydrogen-bond acceptors (Lipinski definition) is 5. The summed E-state index contributed by atoms with van der Waals surface area (Å²) in [4.78, 5) is 4.57. The number of anilines is 6. The molecule has 11 aromatic carbocycles. The van der Waals surface area contributed by atoms with Crippen molar-refractivity contribution in [3.8, 4) is 56.4 Å². The second-order valence-electron chi connectivity index (χ2n) is 17.2. The van der Waals surface area contributed by atoms with Gasteiger partial charge in [0.05, 0.1) is 11.4 Å². The number of ether oxygens (including phenoxy) is 2. The molecule has 0 saturated heterocycles. The molecular formula is C62H38N2O3. The van der Waals surface area contributed by atoms with E-state index in [9.17, 15) is 0 Å². The minimum absolute atomic E-state index is 0.784. The lowest BCUT2D eigenvalue weighted by Gasteiger charge is -2.30. The molecule has 2 aliphatic rings. The average molecular weight is 859 g/mol. The van der Waals surface area contributed by atoms with Gasteiger partial charge in [-0.25, -0.2) is 0 Å². The van der Waals surface area contributed by atoms with E-state index < -0.39 is 0 Å². The van der Waals surface area contributed by atoms with Gasteiger partial charge in [0.1, 0.15) is 28.6 Å². The Morgan fingerprint density at radius 1 is 0.299 bits per heavy atom. The largest absolute Gasteiger partial charge is 0.456 e. The molecule has 0 aliphatic carbocycles. The van der Waals surface area contributed by atoms with E-state index in [-0.39, 0.29) is 0 Å². The first-order chi connectivity index (χ1) is 33.2. The fraction of sp³-hybridized carbons (Fsp3) is 0. The van der Waals surface area contributed by atoms with Crippen LogP contribution in [0.3, 0.4) is 0 Å². The Balaban J connectivity index is 0.870. The van der Waals surface area contributed by atoms with E-state index in [0.29, 0.717) is 0 Å². The maximum absolute atomic E-state index is 6.96. The first-order valence-electron chi connectivity index (χ1n) is 22.6. The van der Waals surface area contributed by atoms with Crippen LogP contribution in [-0.2, 0) is 0 Å². The van der Waals surface area contributed by atoms with Crippen LogP contribution >= 0.6 is 0 Å². The number of rotatable bonds is 7. The molecule has 1 aromatic heterocycles. The summed E-state index contributed by atoms with van der Waals surface area (Å²) in [6.07, 6.45) is 0. The molecule has 0 N–H and O–H groups in total. The molecule has 12 aromatic rings. The van der Waals surface area contributed by atoms with Crippen molar-refractivity contribution in [1.82, 2.24) is 0 Å². The van der Waals surface area contributed by atoms with Crippen LogP contribution in [0.1, 0.15) is 0 Å². The molecule has 0 fully saturated rings. The average Bonchev–Trinajstić information content (AvgIpc) is 3.78. The van der Waals surface area contributed by atoms with Gasteiger partial charge in [0.25, 0.3) is 0 Å². The number of nitrogens with zero attached hydrogens (tertiary/aromatic N) is 2. The van der Waals surface area contributed by atoms with Crippen LogP contribution < -0.4 is 19.3 Å². The number of furan rings is 1. The normalized spacial score (nSPS) is 12.1. The summed E-state index contributed by atoms with van der Waals surface area (Å²) in [5, 5.41) is 6.66. The Morgan fingerprint density at radius 2 is 0.821 bits per heavy atom. The maximum Gasteiger partial charge on any atom is 0.159 e. The first kappa shape index (κ1) is 37.3. The summed E-state index contributed by atoms with van der Waals surface area (Å²) in [5.74, 6) is 3.21. The number of para-hydroxylation sites is 3. The fourth-order valence-corrected chi connectivity index (χ4v) is 10.3. The van der Waals surface area contributed by atoms with Crippen molar-refractivity contribution < 1.29 is 13.9 Å². The van der Waals surface area contributed by atoms with Crippen LogP contribution in [0.2, 0.25) is 0 Å². The molecule has 67 heavy (non-hydrogen) atoms. The van der Waals surface area contributed by atoms with E-state index in [2.05, 4.69) is 222 Å². The highest BCUT2D eigenvalue weighted by Crippen LogP contribution is 2.57. The van der Waals surface area contributed by atoms with Crippen LogP contribution in [0.5, 0.6) is 23.0 Å². The molecule has 0 amide bonds. The Kier molecular flexibility index (Phi) is 8.21. The first-order valence-corrected chi connectivity index (χ1v) is 22.6. The highest BCUT2D eigenvalue weighted by Gasteiger charge is 2.30. The SMILES string of the molecule is c1ccc(-c2ccc(N(c3ccc4c(c3)Oc3ccc5c6c(ccc-4c36)Oc3cc(N(c4ccccc4)c4ccc6ccccc6c4)ccc3-5)c3cccc4c3oc3ccccc34)cc2)cc1. The number of benzene rings is 11. The van der Waals surface area contributed by atoms with Gasteiger partial charge in [-0.1, -0.05) is 121 Å². The van der Waals surface area contributed by atoms with Crippen molar-refractivity contribution >= 4 is 77.6 Å². The van der Waals surface area contributed by atoms with Crippen molar-refractivity contribution in [2.45, 2.75) is 0 Å². The molecule has 314 valence electrons. The molecule has 0 unspecified atom stereocenters. The van der Waals surface area contributed by atoms with Crippen molar-refractivity contribution in [3.63, 3.8) is 0 Å². The van der Waals surface area contributed by atoms with Gasteiger partial charge in [-0.2, -0.15) is 0 Å². The molecule has 3 heterocycles. The summed E-state index contributed by atoms with van der Waals surface area (Å²) in [6, 6.07) is 81.2. The maximum atomic E-state index is 6.96. The van der Waals surface area contributed by atoms with Crippen molar-refractivity contribution in [2.24, 2.45) is 0 Å². The van der Waals surface area contributed by atoms with Gasteiger partial charge < -0.3 is 23.7 Å². The third kappa shape index (κ3) is 5.95. The van der Waals surface area contributed by atoms with Crippen LogP contribution in [0.25, 0.3) is 76.9 Å². The zero-order chi connectivity index (χ0) is 44.0. The summed E-state index contributed by atoms with van der Waals surface area (Å²) < 4.78 is 20.5. The Hall–Kier alpha value is -9.06. The van der Waals surface area contributed by atoms with Gasteiger partial charge in [-0.3, -0.25) is 0 Å². The molecule has 0 bridgehead atoms. The van der Waals surface area contributed by atoms with E-state index in [0.717, 1.165) is 118 Å². The van der Waals surface area contributed by atoms with Crippen molar-refractivity contribution in [2.75, 3.05) is 9.80 Å². The second kappa shape index (κ2) is 14.7. The lowest BCUT2D eigenvalue weighted by Crippen LogP contribution is -2.11. The van der Waals surface area contributed by atoms with Crippen molar-refractivity contribution in [3.05, 3.63) is 231 Å². The molecule has 0 radical (unpaired) electrons. The van der Waals surface area contributed by atoms with Crippen molar-refractivity contribution in [1.29, 1.82) is 0 Å². The van der Waals surface area contributed by atoms with Crippen LogP contribution in [0, 0.1) is 0 Å². The lowest BCUT2D eigenvalue weighted by atomic mass is 9.88. The zero-order valence-electron chi connectivity index (χ0n) is 36.1. The minimum Gasteiger partial charge on any atom is -0.456 e. The van der Waals surface area contributed by atoms with Crippen LogP contribution in [-0.4, -0.2) is 0 Å². The highest BCUT2D eigenvalue weighted by molar-refractivity contribution is 6.15. The predicted octanol–water partition coefficient (Wildman–Crippen LogP) is 18.0. The van der Waals surface area contributed by atoms with E-state index in [1.807, 2.05) is 18.2 Å². The van der Waals surface area contributed by atoms with Gasteiger partial charge in [0.15, 0.2) is 5.58 Å². The van der Waals surface area contributed by atoms with Gasteiger partial charge in [-0.05, 0) is 130 Å². The van der Waals surface area contributed by atoms with Crippen LogP contribution in [0.4, 0.5) is 34.1 Å². The Labute approximate surface area is 386 Å². The topological polar surface area (TPSA) is 38.1 Å². The van der Waals surface area contributed by atoms with E-state index >= 15 is 0 Å². The van der Waals surface area contributed by atoms with Gasteiger partial charge in [-0.15, -0.1) is 0 Å². The molecule has 0 saturated carbocycles. The van der Waals surface area contributed by atoms with E-state index in [4.69, 9.17) is 13.9 Å². The molecule has 2 aliphatic heterocycles. The van der Waals surface area contributed by atoms with Gasteiger partial charge in [0.2, 0.25) is 0 Å². The molecule has 5 nitrogen and oxygen atoms in total. The minimum atomic E-state index is 0.784. The smallest absolute Gasteiger partial charge is 0.159 e. The van der Waals surface area contributed by atoms with E-state index in [1.165, 1.54) is 16.3 Å². The van der Waals surface area contributed by atoms with Gasteiger partial charge >= 0.3 is 0 Å². The molecule has 0 atom stereocenters. The fourth-order valence-electron chi connectivity index (χ4n) is 10.3. The molecule has 0 spiro atoms. The molecular weight excluding hydrogens is 821 g/mol. The summed E-state index contributed by atoms with van der Waals surface area (Å²) in [5.41, 5.74) is 14.4. The lowest BCUT2D eigenvalue weighted by molar-refractivity contribution is 0.480. The molecule has 14 rings (SSSR count). The Morgan fingerprint density at radius 3 is 1.54 bits per heavy atom. The highest BCUT2D eigenvalue weighted by atomic mass is 16.5. The predicted molar refractivity (Wildman–Crippen MR) is 275 cm³/mol. The Bertz CT molecular complexity index is 3930.